The number of alkyl carbamates (subject to hydrolysis) is 1. The highest BCUT2D eigenvalue weighted by Gasteiger charge is 2.20. The normalized spacial score (nSPS) is 10.8. The standard InChI is InChI=1S/C11H14N2O6S/c1-18-10(14)8-4-3-7(6-13-11(15)19-2)5-9(8)20(12,16)17/h3-5H,6H2,1-2H3,(H,13,15)(H2,12,16,17). The van der Waals surface area contributed by atoms with Crippen molar-refractivity contribution in [1.82, 2.24) is 5.32 Å². The highest BCUT2D eigenvalue weighted by molar-refractivity contribution is 7.89. The number of methoxy groups -OCH3 is 2. The third-order valence-electron chi connectivity index (χ3n) is 2.38. The van der Waals surface area contributed by atoms with Gasteiger partial charge in [0.1, 0.15) is 0 Å². The molecule has 0 unspecified atom stereocenters. The van der Waals surface area contributed by atoms with Crippen LogP contribution in [0.25, 0.3) is 0 Å². The summed E-state index contributed by atoms with van der Waals surface area (Å²) in [7, 11) is -1.77. The van der Waals surface area contributed by atoms with Crippen molar-refractivity contribution in [3.8, 4) is 0 Å². The van der Waals surface area contributed by atoms with E-state index in [1.165, 1.54) is 25.3 Å². The largest absolute Gasteiger partial charge is 0.465 e. The number of sulfonamides is 1. The van der Waals surface area contributed by atoms with Crippen molar-refractivity contribution in [2.24, 2.45) is 5.14 Å². The van der Waals surface area contributed by atoms with Crippen LogP contribution in [0.5, 0.6) is 0 Å². The maximum Gasteiger partial charge on any atom is 0.407 e. The van der Waals surface area contributed by atoms with E-state index in [9.17, 15) is 18.0 Å². The Balaban J connectivity index is 3.15. The van der Waals surface area contributed by atoms with Crippen molar-refractivity contribution in [2.45, 2.75) is 11.4 Å². The first-order valence-electron chi connectivity index (χ1n) is 5.35. The number of rotatable bonds is 4. The predicted molar refractivity (Wildman–Crippen MR) is 68.4 cm³/mol. The molecule has 0 aromatic heterocycles. The summed E-state index contributed by atoms with van der Waals surface area (Å²) in [5.74, 6) is -0.818. The van der Waals surface area contributed by atoms with Gasteiger partial charge in [-0.2, -0.15) is 0 Å². The van der Waals surface area contributed by atoms with Gasteiger partial charge in [0.25, 0.3) is 0 Å². The topological polar surface area (TPSA) is 125 Å². The predicted octanol–water partition coefficient (Wildman–Crippen LogP) is -0.0234. The lowest BCUT2D eigenvalue weighted by Crippen LogP contribution is -2.23. The highest BCUT2D eigenvalue weighted by Crippen LogP contribution is 2.17. The van der Waals surface area contributed by atoms with E-state index in [0.29, 0.717) is 5.56 Å². The van der Waals surface area contributed by atoms with Crippen molar-refractivity contribution in [1.29, 1.82) is 0 Å². The minimum absolute atomic E-state index is 0.0245. The van der Waals surface area contributed by atoms with Gasteiger partial charge in [-0.1, -0.05) is 6.07 Å². The molecular weight excluding hydrogens is 288 g/mol. The zero-order valence-electron chi connectivity index (χ0n) is 10.9. The molecule has 0 saturated heterocycles. The minimum atomic E-state index is -4.10. The van der Waals surface area contributed by atoms with Gasteiger partial charge in [0, 0.05) is 6.54 Å². The smallest absolute Gasteiger partial charge is 0.407 e. The Labute approximate surface area is 115 Å². The summed E-state index contributed by atoms with van der Waals surface area (Å²) in [6.45, 7) is 0.0245. The fraction of sp³-hybridized carbons (Fsp3) is 0.273. The molecule has 0 atom stereocenters. The molecule has 9 heteroatoms. The first-order valence-corrected chi connectivity index (χ1v) is 6.90. The first-order chi connectivity index (χ1) is 9.29. The second-order valence-corrected chi connectivity index (χ2v) is 5.24. The molecule has 1 amide bonds. The third-order valence-corrected chi connectivity index (χ3v) is 3.33. The zero-order valence-corrected chi connectivity index (χ0v) is 11.7. The molecule has 0 saturated carbocycles. The molecule has 0 aliphatic carbocycles. The van der Waals surface area contributed by atoms with Crippen LogP contribution in [0.1, 0.15) is 15.9 Å². The van der Waals surface area contributed by atoms with Crippen LogP contribution in [-0.4, -0.2) is 34.7 Å². The van der Waals surface area contributed by atoms with Crippen LogP contribution in [0.3, 0.4) is 0 Å². The monoisotopic (exact) mass is 302 g/mol. The molecule has 8 nitrogen and oxygen atoms in total. The SMILES string of the molecule is COC(=O)NCc1ccc(C(=O)OC)c(S(N)(=O)=O)c1. The van der Waals surface area contributed by atoms with E-state index in [-0.39, 0.29) is 17.0 Å². The number of primary sulfonamides is 1. The molecular formula is C11H14N2O6S. The molecule has 0 heterocycles. The Morgan fingerprint density at radius 1 is 1.25 bits per heavy atom. The number of amides is 1. The maximum absolute atomic E-state index is 11.5. The van der Waals surface area contributed by atoms with Gasteiger partial charge in [0.15, 0.2) is 0 Å². The van der Waals surface area contributed by atoms with Crippen molar-refractivity contribution in [3.05, 3.63) is 29.3 Å². The summed E-state index contributed by atoms with van der Waals surface area (Å²) in [5, 5.41) is 7.43. The van der Waals surface area contributed by atoms with Crippen LogP contribution in [0.4, 0.5) is 4.79 Å². The Bertz CT molecular complexity index is 626. The number of nitrogens with one attached hydrogen (secondary N) is 1. The maximum atomic E-state index is 11.5. The molecule has 1 aromatic carbocycles. The molecule has 110 valence electrons. The molecule has 0 radical (unpaired) electrons. The van der Waals surface area contributed by atoms with Crippen molar-refractivity contribution >= 4 is 22.1 Å². The summed E-state index contributed by atoms with van der Waals surface area (Å²) in [4.78, 5) is 22.0. The molecule has 1 aromatic rings. The molecule has 20 heavy (non-hydrogen) atoms. The molecule has 3 N–H and O–H groups in total. The van der Waals surface area contributed by atoms with Crippen molar-refractivity contribution < 1.29 is 27.5 Å². The van der Waals surface area contributed by atoms with Crippen LogP contribution >= 0.6 is 0 Å². The summed E-state index contributed by atoms with van der Waals surface area (Å²) < 4.78 is 31.8. The summed E-state index contributed by atoms with van der Waals surface area (Å²) in [6.07, 6.45) is -0.667. The van der Waals surface area contributed by atoms with Gasteiger partial charge in [-0.25, -0.2) is 23.1 Å². The van der Waals surface area contributed by atoms with Gasteiger partial charge >= 0.3 is 12.1 Å². The van der Waals surface area contributed by atoms with E-state index in [4.69, 9.17) is 5.14 Å². The fourth-order valence-corrected chi connectivity index (χ4v) is 2.21. The number of carbonyl (C=O) groups excluding carboxylic acids is 2. The quantitative estimate of drug-likeness (QED) is 0.753. The Kier molecular flexibility index (Phi) is 5.06. The lowest BCUT2D eigenvalue weighted by molar-refractivity contribution is 0.0596. The zero-order chi connectivity index (χ0) is 15.3. The average molecular weight is 302 g/mol. The summed E-state index contributed by atoms with van der Waals surface area (Å²) >= 11 is 0. The number of nitrogens with two attached hydrogens (primary N) is 1. The lowest BCUT2D eigenvalue weighted by atomic mass is 10.1. The second kappa shape index (κ2) is 6.35. The highest BCUT2D eigenvalue weighted by atomic mass is 32.2. The summed E-state index contributed by atoms with van der Waals surface area (Å²) in [6, 6.07) is 3.92. The molecule has 0 fully saturated rings. The first kappa shape index (κ1) is 15.9. The fourth-order valence-electron chi connectivity index (χ4n) is 1.44. The minimum Gasteiger partial charge on any atom is -0.465 e. The number of carbonyl (C=O) groups is 2. The molecule has 0 bridgehead atoms. The van der Waals surface area contributed by atoms with Gasteiger partial charge in [-0.3, -0.25) is 0 Å². The second-order valence-electron chi connectivity index (χ2n) is 3.71. The number of esters is 1. The average Bonchev–Trinajstić information content (AvgIpc) is 2.42. The number of ether oxygens (including phenoxy) is 2. The molecule has 1 rings (SSSR count). The van der Waals surface area contributed by atoms with Gasteiger partial charge in [-0.15, -0.1) is 0 Å². The van der Waals surface area contributed by atoms with Gasteiger partial charge in [0.2, 0.25) is 10.0 Å². The van der Waals surface area contributed by atoms with Gasteiger partial charge in [0.05, 0.1) is 24.7 Å². The van der Waals surface area contributed by atoms with Crippen molar-refractivity contribution in [2.75, 3.05) is 14.2 Å². The molecule has 0 spiro atoms. The van der Waals surface area contributed by atoms with E-state index in [0.717, 1.165) is 7.11 Å². The Morgan fingerprint density at radius 2 is 1.90 bits per heavy atom. The summed E-state index contributed by atoms with van der Waals surface area (Å²) in [5.41, 5.74) is 0.267. The third kappa shape index (κ3) is 3.93. The van der Waals surface area contributed by atoms with Crippen molar-refractivity contribution in [3.63, 3.8) is 0 Å². The Morgan fingerprint density at radius 3 is 2.40 bits per heavy atom. The number of benzene rings is 1. The van der Waals surface area contributed by atoms with Crippen LogP contribution in [0, 0.1) is 0 Å². The number of hydrogen-bond acceptors (Lipinski definition) is 6. The van der Waals surface area contributed by atoms with E-state index in [1.54, 1.807) is 0 Å². The lowest BCUT2D eigenvalue weighted by Gasteiger charge is -2.09. The van der Waals surface area contributed by atoms with E-state index < -0.39 is 22.1 Å². The number of hydrogen-bond donors (Lipinski definition) is 2. The van der Waals surface area contributed by atoms with E-state index >= 15 is 0 Å². The van der Waals surface area contributed by atoms with E-state index in [1.807, 2.05) is 0 Å². The van der Waals surface area contributed by atoms with Crippen LogP contribution < -0.4 is 10.5 Å². The van der Waals surface area contributed by atoms with Gasteiger partial charge in [-0.05, 0) is 17.7 Å². The van der Waals surface area contributed by atoms with Crippen LogP contribution in [0.2, 0.25) is 0 Å². The molecule has 0 aliphatic heterocycles. The van der Waals surface area contributed by atoms with Gasteiger partial charge < -0.3 is 14.8 Å². The van der Waals surface area contributed by atoms with Crippen LogP contribution in [-0.2, 0) is 26.0 Å². The Hall–Kier alpha value is -2.13. The molecule has 0 aliphatic rings. The van der Waals surface area contributed by atoms with E-state index in [2.05, 4.69) is 14.8 Å². The van der Waals surface area contributed by atoms with Crippen LogP contribution in [0.15, 0.2) is 23.1 Å².